The first-order valence-corrected chi connectivity index (χ1v) is 10.6. The van der Waals surface area contributed by atoms with Crippen LogP contribution >= 0.6 is 11.3 Å². The van der Waals surface area contributed by atoms with E-state index in [1.165, 1.54) is 22.2 Å². The number of aromatic nitrogens is 4. The maximum atomic E-state index is 14.0. The van der Waals surface area contributed by atoms with Crippen molar-refractivity contribution in [2.45, 2.75) is 20.4 Å². The molecule has 9 heteroatoms. The van der Waals surface area contributed by atoms with Gasteiger partial charge >= 0.3 is 0 Å². The number of halogens is 2. The Balaban J connectivity index is 1.56. The fraction of sp³-hybridized carbons (Fsp3) is 0.130. The predicted molar refractivity (Wildman–Crippen MR) is 118 cm³/mol. The molecule has 0 atom stereocenters. The minimum atomic E-state index is -0.587. The van der Waals surface area contributed by atoms with Crippen LogP contribution in [0.1, 0.15) is 16.7 Å². The fourth-order valence-corrected chi connectivity index (χ4v) is 4.60. The van der Waals surface area contributed by atoms with Crippen LogP contribution in [-0.2, 0) is 6.54 Å². The summed E-state index contributed by atoms with van der Waals surface area (Å²) in [5.41, 5.74) is 2.27. The topological polar surface area (TPSA) is 73.8 Å². The molecule has 0 spiro atoms. The molecule has 0 bridgehead atoms. The highest BCUT2D eigenvalue weighted by Gasteiger charge is 2.21. The molecule has 0 saturated heterocycles. The van der Waals surface area contributed by atoms with Crippen LogP contribution in [0.2, 0.25) is 0 Å². The lowest BCUT2D eigenvalue weighted by Gasteiger charge is -2.07. The number of thiophene rings is 1. The zero-order valence-electron chi connectivity index (χ0n) is 17.1. The summed E-state index contributed by atoms with van der Waals surface area (Å²) in [5, 5.41) is 4.46. The van der Waals surface area contributed by atoms with Crippen molar-refractivity contribution in [3.63, 3.8) is 0 Å². The third-order valence-electron chi connectivity index (χ3n) is 5.16. The third kappa shape index (κ3) is 3.50. The van der Waals surface area contributed by atoms with Crippen LogP contribution in [0.15, 0.2) is 58.1 Å². The number of nitrogens with zero attached hydrogens (tertiary/aromatic N) is 4. The molecule has 32 heavy (non-hydrogen) atoms. The monoisotopic (exact) mass is 450 g/mol. The number of fused-ring (bicyclic) bond motifs is 1. The Labute approximate surface area is 184 Å². The number of hydrogen-bond donors (Lipinski definition) is 0. The summed E-state index contributed by atoms with van der Waals surface area (Å²) >= 11 is 1.27. The van der Waals surface area contributed by atoms with Crippen molar-refractivity contribution < 1.29 is 13.3 Å². The Morgan fingerprint density at radius 1 is 1.12 bits per heavy atom. The van der Waals surface area contributed by atoms with E-state index in [2.05, 4.69) is 15.1 Å². The van der Waals surface area contributed by atoms with Gasteiger partial charge in [-0.1, -0.05) is 28.9 Å². The van der Waals surface area contributed by atoms with E-state index in [9.17, 15) is 13.6 Å². The fourth-order valence-electron chi connectivity index (χ4n) is 3.54. The molecule has 2 aromatic carbocycles. The average Bonchev–Trinajstić information content (AvgIpc) is 3.38. The zero-order chi connectivity index (χ0) is 22.4. The average molecular weight is 450 g/mol. The van der Waals surface area contributed by atoms with Crippen molar-refractivity contribution in [1.82, 2.24) is 19.7 Å². The van der Waals surface area contributed by atoms with Crippen LogP contribution in [-0.4, -0.2) is 19.7 Å². The molecule has 0 aliphatic carbocycles. The van der Waals surface area contributed by atoms with E-state index < -0.39 is 11.6 Å². The Morgan fingerprint density at radius 2 is 1.97 bits per heavy atom. The first-order chi connectivity index (χ1) is 15.4. The molecule has 0 aliphatic heterocycles. The number of hydrogen-bond acceptors (Lipinski definition) is 6. The zero-order valence-corrected chi connectivity index (χ0v) is 17.9. The molecule has 0 unspecified atom stereocenters. The number of benzene rings is 2. The summed E-state index contributed by atoms with van der Waals surface area (Å²) in [6.45, 7) is 3.63. The lowest BCUT2D eigenvalue weighted by molar-refractivity contribution is 0.433. The van der Waals surface area contributed by atoms with Crippen molar-refractivity contribution in [2.75, 3.05) is 0 Å². The van der Waals surface area contributed by atoms with Crippen LogP contribution in [0.25, 0.3) is 32.4 Å². The van der Waals surface area contributed by atoms with Crippen LogP contribution in [0, 0.1) is 25.5 Å². The van der Waals surface area contributed by atoms with Gasteiger partial charge in [0.25, 0.3) is 11.4 Å². The van der Waals surface area contributed by atoms with Gasteiger partial charge in [-0.2, -0.15) is 4.98 Å². The summed E-state index contributed by atoms with van der Waals surface area (Å²) in [4.78, 5) is 23.1. The largest absolute Gasteiger partial charge is 0.333 e. The third-order valence-corrected chi connectivity index (χ3v) is 6.35. The van der Waals surface area contributed by atoms with Crippen LogP contribution in [0.4, 0.5) is 8.78 Å². The van der Waals surface area contributed by atoms with Crippen LogP contribution in [0.5, 0.6) is 0 Å². The second kappa shape index (κ2) is 7.76. The Bertz CT molecular complexity index is 1540. The van der Waals surface area contributed by atoms with E-state index in [-0.39, 0.29) is 17.7 Å². The first kappa shape index (κ1) is 20.2. The molecule has 0 N–H and O–H groups in total. The van der Waals surface area contributed by atoms with Gasteiger partial charge in [0, 0.05) is 11.1 Å². The van der Waals surface area contributed by atoms with Gasteiger partial charge in [-0.15, -0.1) is 11.3 Å². The van der Waals surface area contributed by atoms with Crippen molar-refractivity contribution >= 4 is 21.6 Å². The highest BCUT2D eigenvalue weighted by Crippen LogP contribution is 2.35. The van der Waals surface area contributed by atoms with Crippen molar-refractivity contribution in [2.24, 2.45) is 0 Å². The van der Waals surface area contributed by atoms with E-state index >= 15 is 0 Å². The summed E-state index contributed by atoms with van der Waals surface area (Å²) in [6.07, 6.45) is 1.33. The van der Waals surface area contributed by atoms with Gasteiger partial charge in [0.1, 0.15) is 16.5 Å². The normalized spacial score (nSPS) is 11.4. The quantitative estimate of drug-likeness (QED) is 0.380. The van der Waals surface area contributed by atoms with Crippen LogP contribution < -0.4 is 5.56 Å². The molecular weight excluding hydrogens is 434 g/mol. The molecular formula is C23H16F2N4O2S. The molecule has 0 radical (unpaired) electrons. The second-order valence-corrected chi connectivity index (χ2v) is 8.44. The maximum Gasteiger partial charge on any atom is 0.268 e. The van der Waals surface area contributed by atoms with E-state index in [1.54, 1.807) is 6.92 Å². The number of rotatable bonds is 4. The molecule has 0 amide bonds. The van der Waals surface area contributed by atoms with Gasteiger partial charge in [0.2, 0.25) is 5.82 Å². The van der Waals surface area contributed by atoms with Gasteiger partial charge in [0.05, 0.1) is 23.1 Å². The molecule has 0 fully saturated rings. The summed E-state index contributed by atoms with van der Waals surface area (Å²) in [7, 11) is 0. The molecule has 5 rings (SSSR count). The Hall–Kier alpha value is -3.72. The maximum absolute atomic E-state index is 14.0. The molecule has 0 aliphatic rings. The second-order valence-electron chi connectivity index (χ2n) is 7.44. The van der Waals surface area contributed by atoms with E-state index in [0.717, 1.165) is 29.3 Å². The minimum Gasteiger partial charge on any atom is -0.333 e. The van der Waals surface area contributed by atoms with E-state index in [4.69, 9.17) is 4.52 Å². The van der Waals surface area contributed by atoms with Crippen molar-refractivity contribution in [3.05, 3.63) is 87.5 Å². The van der Waals surface area contributed by atoms with Crippen molar-refractivity contribution in [1.29, 1.82) is 0 Å². The molecule has 3 heterocycles. The highest BCUT2D eigenvalue weighted by atomic mass is 32.1. The summed E-state index contributed by atoms with van der Waals surface area (Å²) in [5.74, 6) is -0.411. The SMILES string of the molecule is Cc1cccc(-c2noc(-c3sc4ncn(Cc5cc(F)ccc5F)c(=O)c4c3C)n2)c1. The van der Waals surface area contributed by atoms with Gasteiger partial charge in [-0.3, -0.25) is 9.36 Å². The standard InChI is InChI=1S/C23H16F2N4O2S/c1-12-4-3-5-14(8-12)20-27-21(31-28-20)19-13(2)18-22(32-19)26-11-29(23(18)30)10-15-9-16(24)6-7-17(15)25/h3-9,11H,10H2,1-2H3. The van der Waals surface area contributed by atoms with Crippen molar-refractivity contribution in [3.8, 4) is 22.2 Å². The molecule has 3 aromatic heterocycles. The van der Waals surface area contributed by atoms with Crippen LogP contribution in [0.3, 0.4) is 0 Å². The molecule has 0 saturated carbocycles. The molecule has 160 valence electrons. The first-order valence-electron chi connectivity index (χ1n) is 9.74. The Kier molecular flexibility index (Phi) is 4.90. The van der Waals surface area contributed by atoms with E-state index in [0.29, 0.717) is 32.4 Å². The Morgan fingerprint density at radius 3 is 2.78 bits per heavy atom. The smallest absolute Gasteiger partial charge is 0.268 e. The summed E-state index contributed by atoms with van der Waals surface area (Å²) < 4.78 is 34.3. The molecule has 5 aromatic rings. The van der Waals surface area contributed by atoms with Gasteiger partial charge in [0.15, 0.2) is 0 Å². The predicted octanol–water partition coefficient (Wildman–Crippen LogP) is 5.12. The summed E-state index contributed by atoms with van der Waals surface area (Å²) in [6, 6.07) is 10.9. The lowest BCUT2D eigenvalue weighted by Crippen LogP contribution is -2.21. The molecule has 6 nitrogen and oxygen atoms in total. The minimum absolute atomic E-state index is 0.0704. The van der Waals surface area contributed by atoms with Gasteiger partial charge in [-0.25, -0.2) is 13.8 Å². The number of aryl methyl sites for hydroxylation is 2. The van der Waals surface area contributed by atoms with Gasteiger partial charge < -0.3 is 4.52 Å². The lowest BCUT2D eigenvalue weighted by atomic mass is 10.1. The van der Waals surface area contributed by atoms with Gasteiger partial charge in [-0.05, 0) is 43.7 Å². The van der Waals surface area contributed by atoms with E-state index in [1.807, 2.05) is 31.2 Å². The highest BCUT2D eigenvalue weighted by molar-refractivity contribution is 7.22.